The molecule has 1 N–H and O–H groups in total. The van der Waals surface area contributed by atoms with Crippen LogP contribution in [0.15, 0.2) is 84.9 Å². The molecule has 0 spiro atoms. The molecule has 1 fully saturated rings. The minimum absolute atomic E-state index is 0. The summed E-state index contributed by atoms with van der Waals surface area (Å²) in [5, 5.41) is 10.9. The molecule has 1 aliphatic carbocycles. The zero-order valence-electron chi connectivity index (χ0n) is 18.9. The third-order valence-corrected chi connectivity index (χ3v) is 7.61. The summed E-state index contributed by atoms with van der Waals surface area (Å²) in [5.41, 5.74) is 4.38. The normalized spacial score (nSPS) is 22.1. The highest BCUT2D eigenvalue weighted by atomic mass is 35.5. The van der Waals surface area contributed by atoms with Crippen LogP contribution in [0, 0.1) is 0 Å². The molecule has 3 nitrogen and oxygen atoms in total. The number of Topliss-reactive ketones (excluding diaryl/α,β-unsaturated/α-hetero) is 1. The lowest BCUT2D eigenvalue weighted by molar-refractivity contribution is -0.126. The third kappa shape index (κ3) is 4.77. The van der Waals surface area contributed by atoms with E-state index in [2.05, 4.69) is 41.3 Å². The topological polar surface area (TPSA) is 40.5 Å². The monoisotopic (exact) mass is 461 g/mol. The summed E-state index contributed by atoms with van der Waals surface area (Å²) in [4.78, 5) is 16.2. The highest BCUT2D eigenvalue weighted by molar-refractivity contribution is 5.92. The van der Waals surface area contributed by atoms with Crippen molar-refractivity contribution in [2.75, 3.05) is 13.1 Å². The summed E-state index contributed by atoms with van der Waals surface area (Å²) >= 11 is 0. The van der Waals surface area contributed by atoms with Gasteiger partial charge in [-0.25, -0.2) is 0 Å². The van der Waals surface area contributed by atoms with E-state index >= 15 is 0 Å². The van der Waals surface area contributed by atoms with E-state index in [4.69, 9.17) is 0 Å². The number of nitrogens with zero attached hydrogens (tertiary/aromatic N) is 1. The highest BCUT2D eigenvalue weighted by Gasteiger charge is 2.44. The van der Waals surface area contributed by atoms with Crippen molar-refractivity contribution in [2.24, 2.45) is 0 Å². The molecule has 0 aromatic heterocycles. The Bertz CT molecular complexity index is 1060. The molecule has 172 valence electrons. The van der Waals surface area contributed by atoms with Crippen molar-refractivity contribution in [2.45, 2.75) is 49.7 Å². The van der Waals surface area contributed by atoms with Crippen LogP contribution in [-0.4, -0.2) is 41.0 Å². The van der Waals surface area contributed by atoms with Crippen molar-refractivity contribution in [1.82, 2.24) is 4.90 Å². The van der Waals surface area contributed by atoms with E-state index in [-0.39, 0.29) is 24.6 Å². The van der Waals surface area contributed by atoms with Gasteiger partial charge in [0.2, 0.25) is 0 Å². The fraction of sp³-hybridized carbons (Fsp3) is 0.345. The molecule has 2 aliphatic rings. The smallest absolute Gasteiger partial charge is 0.147 e. The van der Waals surface area contributed by atoms with Gasteiger partial charge in [0.25, 0.3) is 0 Å². The Labute approximate surface area is 202 Å². The molecule has 0 unspecified atom stereocenters. The van der Waals surface area contributed by atoms with Crippen LogP contribution in [0.4, 0.5) is 0 Å². The van der Waals surface area contributed by atoms with Crippen molar-refractivity contribution in [3.8, 4) is 0 Å². The van der Waals surface area contributed by atoms with Crippen LogP contribution in [0.25, 0.3) is 0 Å². The Morgan fingerprint density at radius 1 is 0.818 bits per heavy atom. The number of halogens is 1. The lowest BCUT2D eigenvalue weighted by Crippen LogP contribution is -2.55. The molecule has 3 aromatic carbocycles. The summed E-state index contributed by atoms with van der Waals surface area (Å²) in [6, 6.07) is 29.0. The van der Waals surface area contributed by atoms with Crippen LogP contribution in [0.1, 0.15) is 35.1 Å². The molecular formula is C29H32ClNO2. The van der Waals surface area contributed by atoms with Crippen LogP contribution in [0.5, 0.6) is 0 Å². The molecule has 0 amide bonds. The highest BCUT2D eigenvalue weighted by Crippen LogP contribution is 2.39. The van der Waals surface area contributed by atoms with E-state index in [1.54, 1.807) is 0 Å². The Kier molecular flexibility index (Phi) is 7.33. The van der Waals surface area contributed by atoms with E-state index in [1.807, 2.05) is 48.5 Å². The van der Waals surface area contributed by atoms with Crippen LogP contribution >= 0.6 is 12.4 Å². The average molecular weight is 462 g/mol. The number of hydrogen-bond acceptors (Lipinski definition) is 3. The van der Waals surface area contributed by atoms with Crippen molar-refractivity contribution in [3.05, 3.63) is 107 Å². The molecule has 5 rings (SSSR count). The van der Waals surface area contributed by atoms with Gasteiger partial charge in [0, 0.05) is 18.9 Å². The molecule has 0 bridgehead atoms. The lowest BCUT2D eigenvalue weighted by Gasteiger charge is -2.46. The summed E-state index contributed by atoms with van der Waals surface area (Å²) < 4.78 is 0. The maximum absolute atomic E-state index is 13.7. The SMILES string of the molecule is Cl.O=C(Cc1ccccc1)C1(c2ccccc2)CCN([C@@H]2Cc3ccccc3C[C@H]2O)CC1. The van der Waals surface area contributed by atoms with Crippen LogP contribution < -0.4 is 0 Å². The van der Waals surface area contributed by atoms with Gasteiger partial charge in [-0.1, -0.05) is 84.9 Å². The first-order valence-electron chi connectivity index (χ1n) is 11.8. The number of ketones is 1. The number of hydrogen-bond donors (Lipinski definition) is 1. The van der Waals surface area contributed by atoms with Crippen molar-refractivity contribution in [3.63, 3.8) is 0 Å². The number of rotatable bonds is 5. The van der Waals surface area contributed by atoms with E-state index in [0.29, 0.717) is 18.6 Å². The van der Waals surface area contributed by atoms with Gasteiger partial charge in [0.15, 0.2) is 0 Å². The standard InChI is InChI=1S/C29H31NO2.ClH/c31-27-21-24-12-8-7-11-23(24)20-26(27)30-17-15-29(16-18-30,25-13-5-2-6-14-25)28(32)19-22-9-3-1-4-10-22;/h1-14,26-27,31H,15-21H2;1H/t26-,27-;/m1./s1. The number of piperidine rings is 1. The van der Waals surface area contributed by atoms with Crippen molar-refractivity contribution >= 4 is 18.2 Å². The van der Waals surface area contributed by atoms with Gasteiger partial charge in [-0.15, -0.1) is 12.4 Å². The molecule has 4 heteroatoms. The largest absolute Gasteiger partial charge is 0.391 e. The van der Waals surface area contributed by atoms with Crippen molar-refractivity contribution in [1.29, 1.82) is 0 Å². The number of aliphatic hydroxyl groups excluding tert-OH is 1. The van der Waals surface area contributed by atoms with Gasteiger partial charge in [-0.2, -0.15) is 0 Å². The zero-order valence-corrected chi connectivity index (χ0v) is 19.7. The molecule has 0 radical (unpaired) electrons. The first-order chi connectivity index (χ1) is 15.7. The van der Waals surface area contributed by atoms with Gasteiger partial charge >= 0.3 is 0 Å². The first-order valence-corrected chi connectivity index (χ1v) is 11.8. The summed E-state index contributed by atoms with van der Waals surface area (Å²) in [6.07, 6.45) is 3.31. The lowest BCUT2D eigenvalue weighted by atomic mass is 9.68. The minimum Gasteiger partial charge on any atom is -0.391 e. The van der Waals surface area contributed by atoms with Crippen LogP contribution in [0.3, 0.4) is 0 Å². The van der Waals surface area contributed by atoms with Crippen molar-refractivity contribution < 1.29 is 9.90 Å². The fourth-order valence-corrected chi connectivity index (χ4v) is 5.72. The maximum Gasteiger partial charge on any atom is 0.147 e. The summed E-state index contributed by atoms with van der Waals surface area (Å²) in [7, 11) is 0. The first kappa shape index (κ1) is 23.7. The molecule has 2 atom stereocenters. The van der Waals surface area contributed by atoms with Crippen LogP contribution in [-0.2, 0) is 29.5 Å². The predicted octanol–water partition coefficient (Wildman–Crippen LogP) is 4.78. The Hall–Kier alpha value is -2.46. The second-order valence-corrected chi connectivity index (χ2v) is 9.38. The Balaban J connectivity index is 0.00000259. The Morgan fingerprint density at radius 3 is 2.00 bits per heavy atom. The van der Waals surface area contributed by atoms with Gasteiger partial charge in [-0.05, 0) is 54.6 Å². The molecule has 3 aromatic rings. The quantitative estimate of drug-likeness (QED) is 0.594. The number of aliphatic hydroxyl groups is 1. The fourth-order valence-electron chi connectivity index (χ4n) is 5.72. The Morgan fingerprint density at radius 2 is 1.36 bits per heavy atom. The second-order valence-electron chi connectivity index (χ2n) is 9.38. The van der Waals surface area contributed by atoms with Gasteiger partial charge < -0.3 is 5.11 Å². The van der Waals surface area contributed by atoms with E-state index in [1.165, 1.54) is 11.1 Å². The maximum atomic E-state index is 13.7. The predicted molar refractivity (Wildman–Crippen MR) is 135 cm³/mol. The summed E-state index contributed by atoms with van der Waals surface area (Å²) in [6.45, 7) is 1.67. The summed E-state index contributed by atoms with van der Waals surface area (Å²) in [5.74, 6) is 0.309. The molecule has 0 saturated carbocycles. The number of benzene rings is 3. The number of carbonyl (C=O) groups excluding carboxylic acids is 1. The van der Waals surface area contributed by atoms with Gasteiger partial charge in [-0.3, -0.25) is 9.69 Å². The van der Waals surface area contributed by atoms with E-state index in [9.17, 15) is 9.90 Å². The van der Waals surface area contributed by atoms with Crippen LogP contribution in [0.2, 0.25) is 0 Å². The average Bonchev–Trinajstić information content (AvgIpc) is 2.85. The van der Waals surface area contributed by atoms with E-state index in [0.717, 1.165) is 43.5 Å². The number of likely N-dealkylation sites (tertiary alicyclic amines) is 1. The molecule has 1 aliphatic heterocycles. The minimum atomic E-state index is -0.453. The molecule has 1 heterocycles. The molecular weight excluding hydrogens is 430 g/mol. The molecule has 1 saturated heterocycles. The van der Waals surface area contributed by atoms with Gasteiger partial charge in [0.1, 0.15) is 5.78 Å². The van der Waals surface area contributed by atoms with E-state index < -0.39 is 5.41 Å². The molecule has 33 heavy (non-hydrogen) atoms. The third-order valence-electron chi connectivity index (χ3n) is 7.61. The second kappa shape index (κ2) is 10.2. The number of fused-ring (bicyclic) bond motifs is 1. The zero-order chi connectivity index (χ0) is 22.0. The van der Waals surface area contributed by atoms with Gasteiger partial charge in [0.05, 0.1) is 11.5 Å². The number of carbonyl (C=O) groups is 1.